The van der Waals surface area contributed by atoms with Crippen molar-refractivity contribution in [3.63, 3.8) is 0 Å². The molecule has 0 radical (unpaired) electrons. The average molecular weight is 456 g/mol. The minimum Gasteiger partial charge on any atom is -0.465 e. The fourth-order valence-electron chi connectivity index (χ4n) is 4.80. The highest BCUT2D eigenvalue weighted by molar-refractivity contribution is 7.89. The average Bonchev–Trinajstić information content (AvgIpc) is 3.27. The number of hydrogen-bond donors (Lipinski definition) is 3. The predicted octanol–water partition coefficient (Wildman–Crippen LogP) is 2.07. The maximum Gasteiger partial charge on any atom is 0.405 e. The minimum atomic E-state index is -3.66. The number of nitrogens with one attached hydrogen (secondary N) is 2. The molecule has 8 nitrogen and oxygen atoms in total. The van der Waals surface area contributed by atoms with E-state index in [-0.39, 0.29) is 28.2 Å². The fraction of sp³-hybridized carbons (Fsp3) is 0.619. The molecule has 3 rings (SSSR count). The maximum absolute atomic E-state index is 13.2. The number of carbonyl (C=O) groups is 2. The zero-order valence-corrected chi connectivity index (χ0v) is 18.6. The summed E-state index contributed by atoms with van der Waals surface area (Å²) in [5.41, 5.74) is -0.329. The smallest absolute Gasteiger partial charge is 0.405 e. The number of aldehydes is 1. The van der Waals surface area contributed by atoms with Gasteiger partial charge >= 0.3 is 6.09 Å². The highest BCUT2D eigenvalue weighted by Crippen LogP contribution is 2.40. The second kappa shape index (κ2) is 9.22. The number of rotatable bonds is 9. The molecule has 1 saturated heterocycles. The van der Waals surface area contributed by atoms with Gasteiger partial charge in [0.1, 0.15) is 12.1 Å². The lowest BCUT2D eigenvalue weighted by atomic mass is 9.85. The van der Waals surface area contributed by atoms with E-state index < -0.39 is 28.0 Å². The minimum absolute atomic E-state index is 0.102. The monoisotopic (exact) mass is 455 g/mol. The standard InChI is InChI=1S/C21H30FN3O5S/c1-21(2,9-16(12-26)24-20(27)28)13-23-19-8-3-14-10-25(11-18(14)19)31(29,30)17-6-4-15(22)5-7-17/h4-7,12,14,16,18-19,23-24H,3,8-11,13H2,1-2H3,(H,27,28)/t14-,16+,18+,19+/m1/s1. The van der Waals surface area contributed by atoms with Gasteiger partial charge in [-0.3, -0.25) is 0 Å². The van der Waals surface area contributed by atoms with Crippen LogP contribution in [0.1, 0.15) is 33.1 Å². The van der Waals surface area contributed by atoms with E-state index in [4.69, 9.17) is 5.11 Å². The molecule has 1 aromatic rings. The van der Waals surface area contributed by atoms with E-state index >= 15 is 0 Å². The van der Waals surface area contributed by atoms with Crippen LogP contribution < -0.4 is 10.6 Å². The van der Waals surface area contributed by atoms with Gasteiger partial charge in [0, 0.05) is 25.7 Å². The normalized spacial score (nSPS) is 25.2. The van der Waals surface area contributed by atoms with Gasteiger partial charge in [-0.1, -0.05) is 13.8 Å². The number of benzene rings is 1. The fourth-order valence-corrected chi connectivity index (χ4v) is 6.33. The highest BCUT2D eigenvalue weighted by Gasteiger charge is 2.46. The molecular formula is C21H30FN3O5S. The molecule has 0 aromatic heterocycles. The van der Waals surface area contributed by atoms with Gasteiger partial charge in [0.25, 0.3) is 0 Å². The first kappa shape index (κ1) is 23.6. The predicted molar refractivity (Wildman–Crippen MR) is 113 cm³/mol. The van der Waals surface area contributed by atoms with Gasteiger partial charge in [0.2, 0.25) is 10.0 Å². The van der Waals surface area contributed by atoms with Crippen molar-refractivity contribution in [3.8, 4) is 0 Å². The Kier molecular flexibility index (Phi) is 7.02. The van der Waals surface area contributed by atoms with Crippen molar-refractivity contribution in [1.29, 1.82) is 0 Å². The maximum atomic E-state index is 13.2. The molecule has 2 fully saturated rings. The Morgan fingerprint density at radius 3 is 2.58 bits per heavy atom. The van der Waals surface area contributed by atoms with E-state index in [0.29, 0.717) is 32.3 Å². The Labute approximate surface area is 182 Å². The van der Waals surface area contributed by atoms with E-state index in [0.717, 1.165) is 25.0 Å². The molecule has 0 spiro atoms. The van der Waals surface area contributed by atoms with Crippen molar-refractivity contribution < 1.29 is 27.5 Å². The number of carbonyl (C=O) groups excluding carboxylic acids is 1. The second-order valence-electron chi connectivity index (χ2n) is 9.33. The molecule has 1 aliphatic carbocycles. The van der Waals surface area contributed by atoms with Crippen LogP contribution in [0.15, 0.2) is 29.2 Å². The molecule has 1 amide bonds. The number of hydrogen-bond acceptors (Lipinski definition) is 5. The van der Waals surface area contributed by atoms with E-state index in [1.54, 1.807) is 0 Å². The van der Waals surface area contributed by atoms with Gasteiger partial charge in [-0.2, -0.15) is 4.31 Å². The molecule has 1 heterocycles. The molecule has 0 bridgehead atoms. The number of halogens is 1. The zero-order chi connectivity index (χ0) is 22.8. The quantitative estimate of drug-likeness (QED) is 0.491. The summed E-state index contributed by atoms with van der Waals surface area (Å²) in [6, 6.07) is 4.29. The van der Waals surface area contributed by atoms with Crippen molar-refractivity contribution in [2.24, 2.45) is 17.3 Å². The van der Waals surface area contributed by atoms with Crippen LogP contribution in [0.5, 0.6) is 0 Å². The summed E-state index contributed by atoms with van der Waals surface area (Å²) < 4.78 is 40.5. The number of fused-ring (bicyclic) bond motifs is 1. The summed E-state index contributed by atoms with van der Waals surface area (Å²) in [7, 11) is -3.66. The molecule has 31 heavy (non-hydrogen) atoms. The second-order valence-corrected chi connectivity index (χ2v) is 11.3. The molecule has 1 aromatic carbocycles. The van der Waals surface area contributed by atoms with Crippen LogP contribution >= 0.6 is 0 Å². The first-order valence-corrected chi connectivity index (χ1v) is 11.9. The van der Waals surface area contributed by atoms with Crippen LogP contribution in [0, 0.1) is 23.1 Å². The lowest BCUT2D eigenvalue weighted by Crippen LogP contribution is -2.45. The molecule has 4 atom stereocenters. The molecule has 0 unspecified atom stereocenters. The Morgan fingerprint density at radius 2 is 1.97 bits per heavy atom. The van der Waals surface area contributed by atoms with Crippen LogP contribution in [0.4, 0.5) is 9.18 Å². The van der Waals surface area contributed by atoms with Gasteiger partial charge in [-0.25, -0.2) is 17.6 Å². The molecule has 1 aliphatic heterocycles. The van der Waals surface area contributed by atoms with Gasteiger partial charge in [-0.15, -0.1) is 0 Å². The summed E-state index contributed by atoms with van der Waals surface area (Å²) >= 11 is 0. The summed E-state index contributed by atoms with van der Waals surface area (Å²) in [4.78, 5) is 22.1. The Bertz CT molecular complexity index is 906. The van der Waals surface area contributed by atoms with Crippen LogP contribution in [0.25, 0.3) is 0 Å². The van der Waals surface area contributed by atoms with Crippen molar-refractivity contribution in [1.82, 2.24) is 14.9 Å². The number of sulfonamides is 1. The van der Waals surface area contributed by atoms with Crippen LogP contribution in [-0.4, -0.2) is 61.9 Å². The third-order valence-corrected chi connectivity index (χ3v) is 8.21. The molecular weight excluding hydrogens is 425 g/mol. The summed E-state index contributed by atoms with van der Waals surface area (Å²) in [5.74, 6) is -0.0169. The van der Waals surface area contributed by atoms with Gasteiger partial charge in [-0.05, 0) is 60.8 Å². The largest absolute Gasteiger partial charge is 0.465 e. The van der Waals surface area contributed by atoms with Crippen molar-refractivity contribution >= 4 is 22.4 Å². The van der Waals surface area contributed by atoms with E-state index in [2.05, 4.69) is 10.6 Å². The van der Waals surface area contributed by atoms with Crippen LogP contribution in [0.3, 0.4) is 0 Å². The molecule has 3 N–H and O–H groups in total. The number of amides is 1. The SMILES string of the molecule is CC(C)(CN[C@H]1CC[C@@H]2CN(S(=O)(=O)c3ccc(F)cc3)C[C@@H]21)C[C@@H](C=O)NC(=O)O. The first-order chi connectivity index (χ1) is 14.5. The Morgan fingerprint density at radius 1 is 1.29 bits per heavy atom. The first-order valence-electron chi connectivity index (χ1n) is 10.5. The third-order valence-electron chi connectivity index (χ3n) is 6.36. The Hall–Kier alpha value is -2.04. The summed E-state index contributed by atoms with van der Waals surface area (Å²) in [6.07, 6.45) is 1.61. The van der Waals surface area contributed by atoms with Crippen LogP contribution in [-0.2, 0) is 14.8 Å². The van der Waals surface area contributed by atoms with E-state index in [1.165, 1.54) is 16.4 Å². The third kappa shape index (κ3) is 5.61. The van der Waals surface area contributed by atoms with E-state index in [9.17, 15) is 22.4 Å². The molecule has 10 heteroatoms. The van der Waals surface area contributed by atoms with Crippen LogP contribution in [0.2, 0.25) is 0 Å². The van der Waals surface area contributed by atoms with E-state index in [1.807, 2.05) is 13.8 Å². The zero-order valence-electron chi connectivity index (χ0n) is 17.8. The van der Waals surface area contributed by atoms with Gasteiger partial charge in [0.15, 0.2) is 0 Å². The van der Waals surface area contributed by atoms with Crippen molar-refractivity contribution in [2.45, 2.75) is 50.1 Å². The molecule has 1 saturated carbocycles. The molecule has 2 aliphatic rings. The lowest BCUT2D eigenvalue weighted by Gasteiger charge is -2.31. The highest BCUT2D eigenvalue weighted by atomic mass is 32.2. The molecule has 172 valence electrons. The van der Waals surface area contributed by atoms with Crippen molar-refractivity contribution in [2.75, 3.05) is 19.6 Å². The van der Waals surface area contributed by atoms with Crippen molar-refractivity contribution in [3.05, 3.63) is 30.1 Å². The Balaban J connectivity index is 1.59. The summed E-state index contributed by atoms with van der Waals surface area (Å²) in [5, 5.41) is 14.6. The van der Waals surface area contributed by atoms with Gasteiger partial charge in [0.05, 0.1) is 10.9 Å². The topological polar surface area (TPSA) is 116 Å². The lowest BCUT2D eigenvalue weighted by molar-refractivity contribution is -0.110. The number of nitrogens with zero attached hydrogens (tertiary/aromatic N) is 1. The van der Waals surface area contributed by atoms with Gasteiger partial charge < -0.3 is 20.5 Å². The number of carboxylic acid groups (broad SMARTS) is 1. The summed E-state index contributed by atoms with van der Waals surface area (Å²) in [6.45, 7) is 5.39.